The van der Waals surface area contributed by atoms with E-state index in [1.165, 1.54) is 18.3 Å². The summed E-state index contributed by atoms with van der Waals surface area (Å²) in [6.07, 6.45) is 0.912. The second-order valence-corrected chi connectivity index (χ2v) is 13.8. The number of fused-ring (bicyclic) bond motifs is 1. The number of benzene rings is 3. The van der Waals surface area contributed by atoms with Crippen molar-refractivity contribution in [2.45, 2.75) is 57.4 Å². The maximum atomic E-state index is 13.5. The van der Waals surface area contributed by atoms with Crippen LogP contribution < -0.4 is 21.6 Å². The van der Waals surface area contributed by atoms with Gasteiger partial charge in [-0.1, -0.05) is 41.4 Å². The van der Waals surface area contributed by atoms with Gasteiger partial charge in [0.15, 0.2) is 0 Å². The maximum Gasteiger partial charge on any atom is 0.416 e. The number of hydrogen-bond donors (Lipinski definition) is 4. The zero-order valence-corrected chi connectivity index (χ0v) is 28.1. The molecule has 0 unspecified atom stereocenters. The molecule has 2 aliphatic rings. The molecule has 0 spiro atoms. The number of likely N-dealkylation sites (tertiary alicyclic amines) is 1. The lowest BCUT2D eigenvalue weighted by molar-refractivity contribution is -0.137. The molecule has 1 atom stereocenters. The Balaban J connectivity index is 1.34. The molecule has 3 aromatic carbocycles. The van der Waals surface area contributed by atoms with Crippen molar-refractivity contribution in [2.75, 3.05) is 23.7 Å². The van der Waals surface area contributed by atoms with Crippen LogP contribution in [0.15, 0.2) is 78.8 Å². The SMILES string of the molecule is CC(C)(C)N1CCC(N2C=C([C@@H](Nc3cc(Cl)c4ncc(C#N)c(Nc5cccc(C(F)(F)F)c5)c4c3)c3ccc(Cl)cc3)NN2)CC1. The van der Waals surface area contributed by atoms with Crippen molar-refractivity contribution in [2.24, 2.45) is 0 Å². The van der Waals surface area contributed by atoms with Gasteiger partial charge in [0.05, 0.1) is 39.1 Å². The molecule has 0 amide bonds. The lowest BCUT2D eigenvalue weighted by Crippen LogP contribution is -2.52. The van der Waals surface area contributed by atoms with Crippen molar-refractivity contribution >= 4 is 51.2 Å². The van der Waals surface area contributed by atoms with E-state index in [2.05, 4.69) is 69.5 Å². The first-order valence-electron chi connectivity index (χ1n) is 15.6. The molecule has 13 heteroatoms. The van der Waals surface area contributed by atoms with Gasteiger partial charge in [-0.05, 0) is 81.6 Å². The van der Waals surface area contributed by atoms with Gasteiger partial charge < -0.3 is 16.1 Å². The molecule has 1 fully saturated rings. The molecule has 0 saturated carbocycles. The molecule has 1 saturated heterocycles. The average molecular weight is 696 g/mol. The van der Waals surface area contributed by atoms with Crippen LogP contribution in [0, 0.1) is 11.3 Å². The summed E-state index contributed by atoms with van der Waals surface area (Å²) in [6, 6.07) is 17.9. The van der Waals surface area contributed by atoms with E-state index in [0.29, 0.717) is 38.4 Å². The Morgan fingerprint density at radius 1 is 1.00 bits per heavy atom. The third-order valence-electron chi connectivity index (χ3n) is 8.74. The number of halogens is 5. The molecule has 0 bridgehead atoms. The topological polar surface area (TPSA) is 91.3 Å². The first-order chi connectivity index (χ1) is 22.8. The quantitative estimate of drug-likeness (QED) is 0.153. The normalized spacial score (nSPS) is 16.7. The number of nitriles is 1. The minimum Gasteiger partial charge on any atom is -0.373 e. The summed E-state index contributed by atoms with van der Waals surface area (Å²) < 4.78 is 40.4. The number of anilines is 3. The largest absolute Gasteiger partial charge is 0.416 e. The number of nitrogens with zero attached hydrogens (tertiary/aromatic N) is 4. The minimum absolute atomic E-state index is 0.124. The highest BCUT2D eigenvalue weighted by Crippen LogP contribution is 2.38. The van der Waals surface area contributed by atoms with Gasteiger partial charge in [0.2, 0.25) is 0 Å². The van der Waals surface area contributed by atoms with Crippen molar-refractivity contribution in [1.82, 2.24) is 25.9 Å². The molecule has 1 aromatic heterocycles. The fourth-order valence-electron chi connectivity index (χ4n) is 6.14. The first-order valence-corrected chi connectivity index (χ1v) is 16.3. The average Bonchev–Trinajstić information content (AvgIpc) is 3.54. The van der Waals surface area contributed by atoms with Crippen molar-refractivity contribution < 1.29 is 13.2 Å². The molecule has 48 heavy (non-hydrogen) atoms. The Kier molecular flexibility index (Phi) is 9.37. The zero-order chi connectivity index (χ0) is 34.2. The summed E-state index contributed by atoms with van der Waals surface area (Å²) in [5.41, 5.74) is 9.39. The predicted molar refractivity (Wildman–Crippen MR) is 185 cm³/mol. The Morgan fingerprint density at radius 2 is 1.73 bits per heavy atom. The number of nitrogens with one attached hydrogen (secondary N) is 4. The lowest BCUT2D eigenvalue weighted by Gasteiger charge is -2.42. The third-order valence-corrected chi connectivity index (χ3v) is 9.28. The van der Waals surface area contributed by atoms with Crippen LogP contribution in [0.25, 0.3) is 10.9 Å². The van der Waals surface area contributed by atoms with Crippen molar-refractivity contribution in [3.05, 3.63) is 105 Å². The zero-order valence-electron chi connectivity index (χ0n) is 26.6. The van der Waals surface area contributed by atoms with Crippen LogP contribution in [0.1, 0.15) is 56.3 Å². The van der Waals surface area contributed by atoms with Crippen LogP contribution in [0.5, 0.6) is 0 Å². The van der Waals surface area contributed by atoms with Gasteiger partial charge in [-0.2, -0.15) is 18.4 Å². The molecule has 3 heterocycles. The predicted octanol–water partition coefficient (Wildman–Crippen LogP) is 8.76. The van der Waals surface area contributed by atoms with Crippen molar-refractivity contribution in [3.63, 3.8) is 0 Å². The number of rotatable bonds is 7. The number of alkyl halides is 3. The molecule has 6 rings (SSSR count). The van der Waals surface area contributed by atoms with Crippen LogP contribution >= 0.6 is 23.2 Å². The van der Waals surface area contributed by atoms with Gasteiger partial charge in [-0.25, -0.2) is 0 Å². The van der Waals surface area contributed by atoms with Gasteiger partial charge in [-0.15, -0.1) is 5.53 Å². The Labute approximate surface area is 287 Å². The second kappa shape index (κ2) is 13.4. The summed E-state index contributed by atoms with van der Waals surface area (Å²) >= 11 is 13.0. The summed E-state index contributed by atoms with van der Waals surface area (Å²) in [5, 5.41) is 20.0. The van der Waals surface area contributed by atoms with E-state index in [4.69, 9.17) is 23.2 Å². The van der Waals surface area contributed by atoms with Crippen LogP contribution in [-0.4, -0.2) is 39.6 Å². The molecule has 4 N–H and O–H groups in total. The monoisotopic (exact) mass is 694 g/mol. The van der Waals surface area contributed by atoms with Crippen LogP contribution in [0.2, 0.25) is 10.0 Å². The Hall–Kier alpha value is -4.21. The molecule has 0 radical (unpaired) electrons. The van der Waals surface area contributed by atoms with Crippen LogP contribution in [0.4, 0.5) is 30.2 Å². The highest BCUT2D eigenvalue weighted by molar-refractivity contribution is 6.36. The van der Waals surface area contributed by atoms with E-state index in [9.17, 15) is 18.4 Å². The summed E-state index contributed by atoms with van der Waals surface area (Å²) in [5.74, 6) is 0. The molecule has 2 aliphatic heterocycles. The molecule has 0 aliphatic carbocycles. The molecular formula is C35H35Cl2F3N8. The fourth-order valence-corrected chi connectivity index (χ4v) is 6.54. The van der Waals surface area contributed by atoms with Crippen molar-refractivity contribution in [1.29, 1.82) is 5.26 Å². The summed E-state index contributed by atoms with van der Waals surface area (Å²) in [7, 11) is 0. The first kappa shape index (κ1) is 33.7. The molecule has 4 aromatic rings. The lowest BCUT2D eigenvalue weighted by atomic mass is 9.98. The third kappa shape index (κ3) is 7.27. The standard InChI is InChI=1S/C35H35Cl2F3N8/c1-34(2,3)47-13-11-27(12-14-47)48-20-30(45-46-48)32(21-7-9-24(36)10-8-21)44-26-16-28-31(22(18-41)19-42-33(28)29(37)17-26)43-25-6-4-5-23(15-25)35(38,39)40/h4-10,15-17,19-20,27,32,44-46H,11-14H2,1-3H3,(H,42,43)/t32-/m0/s1. The highest BCUT2D eigenvalue weighted by Gasteiger charge is 2.33. The number of aromatic nitrogens is 1. The van der Waals surface area contributed by atoms with Crippen LogP contribution in [-0.2, 0) is 6.18 Å². The number of hydrogen-bond acceptors (Lipinski definition) is 8. The molecule has 8 nitrogen and oxygen atoms in total. The molecule has 250 valence electrons. The smallest absolute Gasteiger partial charge is 0.373 e. The summed E-state index contributed by atoms with van der Waals surface area (Å²) in [4.78, 5) is 6.90. The van der Waals surface area contributed by atoms with Crippen LogP contribution in [0.3, 0.4) is 0 Å². The second-order valence-electron chi connectivity index (χ2n) is 13.0. The fraction of sp³-hybridized carbons (Fsp3) is 0.314. The summed E-state index contributed by atoms with van der Waals surface area (Å²) in [6.45, 7) is 8.72. The molecular weight excluding hydrogens is 660 g/mol. The van der Waals surface area contributed by atoms with E-state index in [0.717, 1.165) is 49.3 Å². The number of pyridine rings is 1. The maximum absolute atomic E-state index is 13.5. The minimum atomic E-state index is -4.52. The Morgan fingerprint density at radius 3 is 2.40 bits per heavy atom. The van der Waals surface area contributed by atoms with E-state index in [-0.39, 0.29) is 22.8 Å². The van der Waals surface area contributed by atoms with E-state index in [1.54, 1.807) is 12.1 Å². The van der Waals surface area contributed by atoms with Gasteiger partial charge in [0, 0.05) is 58.9 Å². The number of hydrazine groups is 2. The highest BCUT2D eigenvalue weighted by atomic mass is 35.5. The van der Waals surface area contributed by atoms with Gasteiger partial charge in [0.1, 0.15) is 6.07 Å². The van der Waals surface area contributed by atoms with Gasteiger partial charge >= 0.3 is 6.18 Å². The Bertz CT molecular complexity index is 1870. The van der Waals surface area contributed by atoms with Gasteiger partial charge in [-0.3, -0.25) is 14.9 Å². The van der Waals surface area contributed by atoms with Crippen molar-refractivity contribution in [3.8, 4) is 6.07 Å². The van der Waals surface area contributed by atoms with E-state index < -0.39 is 11.7 Å². The number of piperidine rings is 1. The van der Waals surface area contributed by atoms with E-state index in [1.807, 2.05) is 24.3 Å². The van der Waals surface area contributed by atoms with Gasteiger partial charge in [0.25, 0.3) is 0 Å². The van der Waals surface area contributed by atoms with E-state index >= 15 is 0 Å².